The van der Waals surface area contributed by atoms with E-state index in [-0.39, 0.29) is 0 Å². The summed E-state index contributed by atoms with van der Waals surface area (Å²) < 4.78 is 0. The van der Waals surface area contributed by atoms with E-state index in [0.717, 1.165) is 18.4 Å². The van der Waals surface area contributed by atoms with E-state index in [0.29, 0.717) is 11.7 Å². The van der Waals surface area contributed by atoms with Crippen LogP contribution in [0.1, 0.15) is 43.0 Å². The molecule has 2 rings (SSSR count). The molecule has 0 radical (unpaired) electrons. The summed E-state index contributed by atoms with van der Waals surface area (Å²) in [6.07, 6.45) is 4.95. The Bertz CT molecular complexity index is 331. The average Bonchev–Trinajstić information content (AvgIpc) is 2.50. The minimum absolute atomic E-state index is 0.371. The van der Waals surface area contributed by atoms with E-state index < -0.39 is 0 Å². The monoisotopic (exact) mass is 177 g/mol. The van der Waals surface area contributed by atoms with Gasteiger partial charge in [0.05, 0.1) is 6.20 Å². The van der Waals surface area contributed by atoms with Gasteiger partial charge in [0, 0.05) is 11.3 Å². The van der Waals surface area contributed by atoms with Crippen LogP contribution in [0.5, 0.6) is 5.75 Å². The first-order valence-corrected chi connectivity index (χ1v) is 4.89. The number of aromatic nitrogens is 1. The van der Waals surface area contributed by atoms with Gasteiger partial charge in [0.2, 0.25) is 0 Å². The van der Waals surface area contributed by atoms with E-state index in [1.54, 1.807) is 6.20 Å². The van der Waals surface area contributed by atoms with Crippen LogP contribution in [0, 0.1) is 0 Å². The molecule has 0 atom stereocenters. The van der Waals surface area contributed by atoms with Gasteiger partial charge in [-0.3, -0.25) is 4.98 Å². The lowest BCUT2D eigenvalue weighted by Gasteiger charge is -2.12. The molecule has 13 heavy (non-hydrogen) atoms. The number of hydrogen-bond donors (Lipinski definition) is 1. The fourth-order valence-electron chi connectivity index (χ4n) is 2.17. The van der Waals surface area contributed by atoms with Gasteiger partial charge < -0.3 is 5.11 Å². The Hall–Kier alpha value is -1.05. The van der Waals surface area contributed by atoms with Gasteiger partial charge in [-0.2, -0.15) is 0 Å². The fraction of sp³-hybridized carbons (Fsp3) is 0.545. The Balaban J connectivity index is 2.58. The molecular formula is C11H15NO. The lowest BCUT2D eigenvalue weighted by Crippen LogP contribution is -1.98. The Morgan fingerprint density at radius 3 is 2.85 bits per heavy atom. The van der Waals surface area contributed by atoms with Crippen molar-refractivity contribution in [2.75, 3.05) is 0 Å². The van der Waals surface area contributed by atoms with Gasteiger partial charge in [-0.1, -0.05) is 13.8 Å². The molecular weight excluding hydrogens is 162 g/mol. The zero-order valence-corrected chi connectivity index (χ0v) is 8.17. The molecule has 0 unspecified atom stereocenters. The van der Waals surface area contributed by atoms with Crippen LogP contribution in [0.15, 0.2) is 6.20 Å². The maximum Gasteiger partial charge on any atom is 0.137 e. The molecule has 1 aliphatic rings. The van der Waals surface area contributed by atoms with Crippen LogP contribution in [0.25, 0.3) is 0 Å². The van der Waals surface area contributed by atoms with Crippen LogP contribution >= 0.6 is 0 Å². The zero-order valence-electron chi connectivity index (χ0n) is 8.17. The maximum atomic E-state index is 9.68. The lowest BCUT2D eigenvalue weighted by molar-refractivity contribution is 0.460. The fourth-order valence-corrected chi connectivity index (χ4v) is 2.17. The molecule has 1 aromatic rings. The van der Waals surface area contributed by atoms with Gasteiger partial charge in [0.1, 0.15) is 5.75 Å². The van der Waals surface area contributed by atoms with Crippen molar-refractivity contribution >= 4 is 0 Å². The highest BCUT2D eigenvalue weighted by molar-refractivity contribution is 5.44. The normalized spacial score (nSPS) is 15.0. The molecule has 2 nitrogen and oxygen atoms in total. The van der Waals surface area contributed by atoms with Crippen LogP contribution in [0.4, 0.5) is 0 Å². The summed E-state index contributed by atoms with van der Waals surface area (Å²) in [4.78, 5) is 4.25. The van der Waals surface area contributed by atoms with Crippen LogP contribution < -0.4 is 0 Å². The van der Waals surface area contributed by atoms with Gasteiger partial charge in [-0.15, -0.1) is 0 Å². The van der Waals surface area contributed by atoms with Crippen molar-refractivity contribution in [3.63, 3.8) is 0 Å². The smallest absolute Gasteiger partial charge is 0.137 e. The van der Waals surface area contributed by atoms with E-state index >= 15 is 0 Å². The summed E-state index contributed by atoms with van der Waals surface area (Å²) >= 11 is 0. The van der Waals surface area contributed by atoms with Crippen LogP contribution in [0.2, 0.25) is 0 Å². The quantitative estimate of drug-likeness (QED) is 0.714. The highest BCUT2D eigenvalue weighted by Crippen LogP contribution is 2.34. The Morgan fingerprint density at radius 1 is 1.38 bits per heavy atom. The first kappa shape index (κ1) is 8.54. The van der Waals surface area contributed by atoms with Gasteiger partial charge in [0.25, 0.3) is 0 Å². The highest BCUT2D eigenvalue weighted by atomic mass is 16.3. The standard InChI is InChI=1S/C11H15NO/c1-7(2)11-8-4-3-5-9(8)12-6-10(11)13/h6-7,13H,3-5H2,1-2H3. The number of nitrogens with zero attached hydrogens (tertiary/aromatic N) is 1. The number of rotatable bonds is 1. The summed E-state index contributed by atoms with van der Waals surface area (Å²) in [5.41, 5.74) is 3.61. The van der Waals surface area contributed by atoms with E-state index in [4.69, 9.17) is 0 Å². The molecule has 0 saturated carbocycles. The first-order chi connectivity index (χ1) is 6.20. The summed E-state index contributed by atoms with van der Waals surface area (Å²) in [5.74, 6) is 0.769. The molecule has 0 amide bonds. The average molecular weight is 177 g/mol. The van der Waals surface area contributed by atoms with Gasteiger partial charge in [-0.25, -0.2) is 0 Å². The molecule has 0 bridgehead atoms. The van der Waals surface area contributed by atoms with Crippen LogP contribution in [-0.4, -0.2) is 10.1 Å². The molecule has 0 aromatic carbocycles. The Kier molecular flexibility index (Phi) is 1.98. The molecule has 1 aromatic heterocycles. The van der Waals surface area contributed by atoms with Crippen molar-refractivity contribution in [1.82, 2.24) is 4.98 Å². The summed E-state index contributed by atoms with van der Waals surface area (Å²) in [6, 6.07) is 0. The van der Waals surface area contributed by atoms with Crippen LogP contribution in [-0.2, 0) is 12.8 Å². The number of aromatic hydroxyl groups is 1. The van der Waals surface area contributed by atoms with Crippen molar-refractivity contribution in [2.24, 2.45) is 0 Å². The largest absolute Gasteiger partial charge is 0.506 e. The SMILES string of the molecule is CC(C)c1c(O)cnc2c1CCC2. The number of pyridine rings is 1. The minimum atomic E-state index is 0.371. The highest BCUT2D eigenvalue weighted by Gasteiger charge is 2.20. The third-order valence-electron chi connectivity index (χ3n) is 2.71. The number of aryl methyl sites for hydroxylation is 1. The Morgan fingerprint density at radius 2 is 2.15 bits per heavy atom. The van der Waals surface area contributed by atoms with Crippen molar-refractivity contribution in [3.05, 3.63) is 23.0 Å². The molecule has 1 heterocycles. The zero-order chi connectivity index (χ0) is 9.42. The van der Waals surface area contributed by atoms with Crippen molar-refractivity contribution in [3.8, 4) is 5.75 Å². The van der Waals surface area contributed by atoms with E-state index in [1.807, 2.05) is 0 Å². The number of fused-ring (bicyclic) bond motifs is 1. The second-order valence-corrected chi connectivity index (χ2v) is 3.99. The molecule has 0 spiro atoms. The predicted molar refractivity (Wildman–Crippen MR) is 52.0 cm³/mol. The van der Waals surface area contributed by atoms with Crippen molar-refractivity contribution in [2.45, 2.75) is 39.0 Å². The van der Waals surface area contributed by atoms with Crippen LogP contribution in [0.3, 0.4) is 0 Å². The Labute approximate surface area is 78.6 Å². The first-order valence-electron chi connectivity index (χ1n) is 4.89. The molecule has 0 fully saturated rings. The molecule has 70 valence electrons. The molecule has 1 aliphatic carbocycles. The molecule has 0 aliphatic heterocycles. The van der Waals surface area contributed by atoms with Crippen molar-refractivity contribution in [1.29, 1.82) is 0 Å². The molecule has 0 saturated heterocycles. The summed E-state index contributed by atoms with van der Waals surface area (Å²) in [5, 5.41) is 9.68. The maximum absolute atomic E-state index is 9.68. The van der Waals surface area contributed by atoms with E-state index in [9.17, 15) is 5.11 Å². The van der Waals surface area contributed by atoms with Crippen molar-refractivity contribution < 1.29 is 5.11 Å². The predicted octanol–water partition coefficient (Wildman–Crippen LogP) is 2.40. The topological polar surface area (TPSA) is 33.1 Å². The third kappa shape index (κ3) is 1.30. The van der Waals surface area contributed by atoms with Gasteiger partial charge in [-0.05, 0) is 30.7 Å². The van der Waals surface area contributed by atoms with Gasteiger partial charge in [0.15, 0.2) is 0 Å². The minimum Gasteiger partial charge on any atom is -0.506 e. The van der Waals surface area contributed by atoms with E-state index in [2.05, 4.69) is 18.8 Å². The molecule has 1 N–H and O–H groups in total. The summed E-state index contributed by atoms with van der Waals surface area (Å²) in [7, 11) is 0. The second kappa shape index (κ2) is 3.02. The lowest BCUT2D eigenvalue weighted by atomic mass is 9.96. The van der Waals surface area contributed by atoms with E-state index in [1.165, 1.54) is 17.7 Å². The summed E-state index contributed by atoms with van der Waals surface area (Å²) in [6.45, 7) is 4.24. The second-order valence-electron chi connectivity index (χ2n) is 3.99. The number of hydrogen-bond acceptors (Lipinski definition) is 2. The molecule has 2 heteroatoms. The van der Waals surface area contributed by atoms with Gasteiger partial charge >= 0.3 is 0 Å². The third-order valence-corrected chi connectivity index (χ3v) is 2.71.